The normalized spacial score (nSPS) is 15.0. The monoisotopic (exact) mass is 466 g/mol. The first kappa shape index (κ1) is 23.5. The van der Waals surface area contributed by atoms with E-state index in [1.165, 1.54) is 31.4 Å². The third-order valence-corrected chi connectivity index (χ3v) is 6.50. The van der Waals surface area contributed by atoms with Gasteiger partial charge in [0.2, 0.25) is 0 Å². The summed E-state index contributed by atoms with van der Waals surface area (Å²) < 4.78 is 18.4. The molecule has 5 nitrogen and oxygen atoms in total. The van der Waals surface area contributed by atoms with E-state index in [9.17, 15) is 14.0 Å². The summed E-state index contributed by atoms with van der Waals surface area (Å²) in [5, 5.41) is 3.61. The highest BCUT2D eigenvalue weighted by Crippen LogP contribution is 2.36. The Labute approximate surface area is 191 Å². The summed E-state index contributed by atoms with van der Waals surface area (Å²) in [7, 11) is 1.46. The molecule has 1 amide bonds. The van der Waals surface area contributed by atoms with Gasteiger partial charge in [-0.2, -0.15) is 0 Å². The van der Waals surface area contributed by atoms with Gasteiger partial charge >= 0.3 is 0 Å². The van der Waals surface area contributed by atoms with Gasteiger partial charge in [0, 0.05) is 29.6 Å². The standard InChI is InChI=1S/C23H25Cl2FN2O3/c1-14-19(24)13-18(22(31-2)20(14)25)23(30)27-9-12-28-10-7-16(8-11-28)21(29)15-3-5-17(26)6-4-15/h3-6,13,16H,7-12H2,1-2H3,(H,27,30). The van der Waals surface area contributed by atoms with Crippen LogP contribution in [0.3, 0.4) is 0 Å². The van der Waals surface area contributed by atoms with Crippen LogP contribution in [0, 0.1) is 18.7 Å². The fourth-order valence-electron chi connectivity index (χ4n) is 3.75. The van der Waals surface area contributed by atoms with Crippen LogP contribution in [0.4, 0.5) is 4.39 Å². The molecule has 1 aliphatic heterocycles. The van der Waals surface area contributed by atoms with Crippen molar-refractivity contribution in [1.29, 1.82) is 0 Å². The number of carbonyl (C=O) groups excluding carboxylic acids is 2. The summed E-state index contributed by atoms with van der Waals surface area (Å²) in [4.78, 5) is 27.4. The van der Waals surface area contributed by atoms with E-state index in [1.54, 1.807) is 13.0 Å². The number of likely N-dealkylation sites (tertiary alicyclic amines) is 1. The van der Waals surface area contributed by atoms with Crippen molar-refractivity contribution in [1.82, 2.24) is 10.2 Å². The average molecular weight is 467 g/mol. The zero-order chi connectivity index (χ0) is 22.5. The van der Waals surface area contributed by atoms with Crippen LogP contribution in [0.2, 0.25) is 10.0 Å². The molecule has 1 fully saturated rings. The van der Waals surface area contributed by atoms with Crippen molar-refractivity contribution in [3.63, 3.8) is 0 Å². The van der Waals surface area contributed by atoms with Crippen molar-refractivity contribution in [2.45, 2.75) is 19.8 Å². The summed E-state index contributed by atoms with van der Waals surface area (Å²) in [5.74, 6) is -0.338. The van der Waals surface area contributed by atoms with Crippen LogP contribution in [-0.4, -0.2) is 49.9 Å². The first-order chi connectivity index (χ1) is 14.8. The molecular formula is C23H25Cl2FN2O3. The Morgan fingerprint density at radius 3 is 2.45 bits per heavy atom. The number of amides is 1. The maximum Gasteiger partial charge on any atom is 0.255 e. The van der Waals surface area contributed by atoms with Gasteiger partial charge in [-0.1, -0.05) is 23.2 Å². The van der Waals surface area contributed by atoms with Crippen LogP contribution in [-0.2, 0) is 0 Å². The lowest BCUT2D eigenvalue weighted by atomic mass is 9.89. The minimum Gasteiger partial charge on any atom is -0.494 e. The minimum absolute atomic E-state index is 0.0580. The van der Waals surface area contributed by atoms with Crippen molar-refractivity contribution >= 4 is 34.9 Å². The number of nitrogens with zero attached hydrogens (tertiary/aromatic N) is 1. The second-order valence-electron chi connectivity index (χ2n) is 7.62. The van der Waals surface area contributed by atoms with Crippen LogP contribution in [0.1, 0.15) is 39.1 Å². The summed E-state index contributed by atoms with van der Waals surface area (Å²) in [6, 6.07) is 7.27. The number of hydrogen-bond donors (Lipinski definition) is 1. The molecule has 1 aliphatic rings. The fraction of sp³-hybridized carbons (Fsp3) is 0.391. The number of methoxy groups -OCH3 is 1. The third kappa shape index (κ3) is 5.56. The quantitative estimate of drug-likeness (QED) is 0.596. The molecule has 0 bridgehead atoms. The number of halogens is 3. The third-order valence-electron chi connectivity index (χ3n) is 5.65. The van der Waals surface area contributed by atoms with E-state index < -0.39 is 0 Å². The number of piperidine rings is 1. The molecule has 8 heteroatoms. The smallest absolute Gasteiger partial charge is 0.255 e. The average Bonchev–Trinajstić information content (AvgIpc) is 2.77. The molecule has 2 aromatic rings. The Bertz CT molecular complexity index is 958. The van der Waals surface area contributed by atoms with Gasteiger partial charge in [-0.15, -0.1) is 0 Å². The van der Waals surface area contributed by atoms with Crippen molar-refractivity contribution in [2.75, 3.05) is 33.3 Å². The van der Waals surface area contributed by atoms with Crippen LogP contribution in [0.25, 0.3) is 0 Å². The van der Waals surface area contributed by atoms with E-state index in [4.69, 9.17) is 27.9 Å². The van der Waals surface area contributed by atoms with E-state index in [0.29, 0.717) is 45.6 Å². The Balaban J connectivity index is 1.49. The fourth-order valence-corrected chi connectivity index (χ4v) is 4.29. The zero-order valence-electron chi connectivity index (χ0n) is 17.5. The zero-order valence-corrected chi connectivity index (χ0v) is 19.0. The molecular weight excluding hydrogens is 442 g/mol. The molecule has 0 spiro atoms. The van der Waals surface area contributed by atoms with Crippen molar-refractivity contribution in [2.24, 2.45) is 5.92 Å². The highest BCUT2D eigenvalue weighted by molar-refractivity contribution is 6.37. The molecule has 31 heavy (non-hydrogen) atoms. The number of rotatable bonds is 7. The number of benzene rings is 2. The second-order valence-corrected chi connectivity index (χ2v) is 8.41. The van der Waals surface area contributed by atoms with Gasteiger partial charge in [0.15, 0.2) is 11.5 Å². The Morgan fingerprint density at radius 2 is 1.84 bits per heavy atom. The summed E-state index contributed by atoms with van der Waals surface area (Å²) in [6.45, 7) is 4.40. The molecule has 0 atom stereocenters. The van der Waals surface area contributed by atoms with E-state index in [2.05, 4.69) is 10.2 Å². The lowest BCUT2D eigenvalue weighted by Crippen LogP contribution is -2.41. The van der Waals surface area contributed by atoms with Gasteiger partial charge in [-0.25, -0.2) is 4.39 Å². The van der Waals surface area contributed by atoms with Crippen molar-refractivity contribution in [3.8, 4) is 5.75 Å². The molecule has 0 aromatic heterocycles. The predicted octanol–water partition coefficient (Wildman–Crippen LogP) is 4.77. The predicted molar refractivity (Wildman–Crippen MR) is 120 cm³/mol. The maximum absolute atomic E-state index is 13.1. The van der Waals surface area contributed by atoms with Crippen molar-refractivity contribution in [3.05, 3.63) is 62.9 Å². The molecule has 0 radical (unpaired) electrons. The topological polar surface area (TPSA) is 58.6 Å². The van der Waals surface area contributed by atoms with Gasteiger partial charge in [-0.3, -0.25) is 9.59 Å². The number of hydrogen-bond acceptors (Lipinski definition) is 4. The van der Waals surface area contributed by atoms with Crippen LogP contribution >= 0.6 is 23.2 Å². The van der Waals surface area contributed by atoms with Crippen molar-refractivity contribution < 1.29 is 18.7 Å². The summed E-state index contributed by atoms with van der Waals surface area (Å²) in [6.07, 6.45) is 1.47. The summed E-state index contributed by atoms with van der Waals surface area (Å²) in [5.41, 5.74) is 1.51. The molecule has 3 rings (SSSR count). The largest absolute Gasteiger partial charge is 0.494 e. The minimum atomic E-state index is -0.346. The van der Waals surface area contributed by atoms with Gasteiger partial charge in [0.05, 0.1) is 17.7 Å². The number of ether oxygens (including phenoxy) is 1. The van der Waals surface area contributed by atoms with E-state index >= 15 is 0 Å². The van der Waals surface area contributed by atoms with Crippen LogP contribution in [0.15, 0.2) is 30.3 Å². The molecule has 1 heterocycles. The van der Waals surface area contributed by atoms with Crippen LogP contribution in [0.5, 0.6) is 5.75 Å². The highest BCUT2D eigenvalue weighted by Gasteiger charge is 2.26. The van der Waals surface area contributed by atoms with Crippen LogP contribution < -0.4 is 10.1 Å². The molecule has 0 saturated carbocycles. The molecule has 166 valence electrons. The van der Waals surface area contributed by atoms with Gasteiger partial charge < -0.3 is 15.0 Å². The maximum atomic E-state index is 13.1. The first-order valence-corrected chi connectivity index (χ1v) is 10.9. The number of nitrogens with one attached hydrogen (secondary N) is 1. The molecule has 0 aliphatic carbocycles. The molecule has 2 aromatic carbocycles. The summed E-state index contributed by atoms with van der Waals surface area (Å²) >= 11 is 12.4. The van der Waals surface area contributed by atoms with E-state index in [-0.39, 0.29) is 23.4 Å². The van der Waals surface area contributed by atoms with E-state index in [1.807, 2.05) is 0 Å². The highest BCUT2D eigenvalue weighted by atomic mass is 35.5. The molecule has 1 saturated heterocycles. The van der Waals surface area contributed by atoms with E-state index in [0.717, 1.165) is 25.9 Å². The Hall–Kier alpha value is -2.15. The number of Topliss-reactive ketones (excluding diaryl/α,β-unsaturated/α-hetero) is 1. The molecule has 0 unspecified atom stereocenters. The Morgan fingerprint density at radius 1 is 1.19 bits per heavy atom. The first-order valence-electron chi connectivity index (χ1n) is 10.1. The SMILES string of the molecule is COc1c(C(=O)NCCN2CCC(C(=O)c3ccc(F)cc3)CC2)cc(Cl)c(C)c1Cl. The number of ketones is 1. The van der Waals surface area contributed by atoms with Gasteiger partial charge in [0.25, 0.3) is 5.91 Å². The Kier molecular flexibility index (Phi) is 7.92. The van der Waals surface area contributed by atoms with Gasteiger partial charge in [0.1, 0.15) is 5.82 Å². The second kappa shape index (κ2) is 10.4. The lowest BCUT2D eigenvalue weighted by Gasteiger charge is -2.31. The lowest BCUT2D eigenvalue weighted by molar-refractivity contribution is 0.0839. The number of carbonyl (C=O) groups is 2. The molecule has 1 N–H and O–H groups in total. The van der Waals surface area contributed by atoms with Gasteiger partial charge in [-0.05, 0) is 68.8 Å².